The highest BCUT2D eigenvalue weighted by Gasteiger charge is 2.40. The van der Waals surface area contributed by atoms with Gasteiger partial charge in [-0.15, -0.1) is 0 Å². The van der Waals surface area contributed by atoms with E-state index in [0.717, 1.165) is 43.1 Å². The van der Waals surface area contributed by atoms with Gasteiger partial charge in [0.05, 0.1) is 26.2 Å². The normalized spacial score (nSPS) is 11.6. The molecule has 0 bridgehead atoms. The van der Waals surface area contributed by atoms with Gasteiger partial charge < -0.3 is 30.2 Å². The van der Waals surface area contributed by atoms with Gasteiger partial charge in [0.15, 0.2) is 0 Å². The van der Waals surface area contributed by atoms with Crippen molar-refractivity contribution in [1.29, 1.82) is 0 Å². The van der Waals surface area contributed by atoms with Crippen molar-refractivity contribution in [1.82, 2.24) is 0 Å². The van der Waals surface area contributed by atoms with Gasteiger partial charge in [0, 0.05) is 32.3 Å². The average molecular weight is 378 g/mol. The van der Waals surface area contributed by atoms with Crippen LogP contribution in [-0.2, 0) is 13.3 Å². The van der Waals surface area contributed by atoms with E-state index < -0.39 is 8.80 Å². The Morgan fingerprint density at radius 1 is 0.792 bits per heavy atom. The van der Waals surface area contributed by atoms with Crippen LogP contribution in [-0.4, -0.2) is 59.3 Å². The van der Waals surface area contributed by atoms with Crippen molar-refractivity contribution in [2.24, 2.45) is 0 Å². The van der Waals surface area contributed by atoms with Crippen molar-refractivity contribution in [3.05, 3.63) is 38.0 Å². The molecule has 0 aromatic rings. The summed E-state index contributed by atoms with van der Waals surface area (Å²) in [5.74, 6) is 0. The molecule has 0 amide bonds. The molecule has 142 valence electrons. The third kappa shape index (κ3) is 9.16. The molecule has 0 saturated carbocycles. The third-order valence-corrected chi connectivity index (χ3v) is 6.91. The zero-order valence-electron chi connectivity index (χ0n) is 15.8. The first-order valence-electron chi connectivity index (χ1n) is 8.67. The minimum atomic E-state index is -2.55. The van der Waals surface area contributed by atoms with Crippen LogP contribution in [0.25, 0.3) is 0 Å². The molecule has 0 aromatic carbocycles. The van der Waals surface area contributed by atoms with Crippen molar-refractivity contribution >= 4 is 8.80 Å². The van der Waals surface area contributed by atoms with Crippen LogP contribution in [0.15, 0.2) is 38.0 Å². The van der Waals surface area contributed by atoms with Crippen LogP contribution in [0, 0.1) is 0 Å². The molecule has 4 nitrogen and oxygen atoms in total. The van der Waals surface area contributed by atoms with E-state index in [0.29, 0.717) is 19.8 Å². The SMILES string of the molecule is C=CC[N+](CC=C)(CC=C)CCC[Si](OCC)(OCC)OCC.[Cl-]. The topological polar surface area (TPSA) is 27.7 Å². The van der Waals surface area contributed by atoms with E-state index in [1.165, 1.54) is 0 Å². The van der Waals surface area contributed by atoms with Gasteiger partial charge >= 0.3 is 8.80 Å². The summed E-state index contributed by atoms with van der Waals surface area (Å²) in [5, 5.41) is 0. The first-order chi connectivity index (χ1) is 11.1. The minimum Gasteiger partial charge on any atom is -1.00 e. The number of rotatable bonds is 16. The van der Waals surface area contributed by atoms with Gasteiger partial charge in [-0.3, -0.25) is 0 Å². The number of quaternary nitrogens is 1. The Kier molecular flexibility index (Phi) is 16.0. The highest BCUT2D eigenvalue weighted by atomic mass is 35.5. The van der Waals surface area contributed by atoms with Crippen molar-refractivity contribution < 1.29 is 30.2 Å². The molecule has 0 saturated heterocycles. The van der Waals surface area contributed by atoms with E-state index in [2.05, 4.69) is 19.7 Å². The summed E-state index contributed by atoms with van der Waals surface area (Å²) in [6, 6.07) is 0.841. The largest absolute Gasteiger partial charge is 1.00 e. The fourth-order valence-corrected chi connectivity index (χ4v) is 5.54. The lowest BCUT2D eigenvalue weighted by atomic mass is 10.2. The zero-order chi connectivity index (χ0) is 17.6. The Morgan fingerprint density at radius 3 is 1.46 bits per heavy atom. The Labute approximate surface area is 156 Å². The van der Waals surface area contributed by atoms with Crippen LogP contribution in [0.3, 0.4) is 0 Å². The van der Waals surface area contributed by atoms with Crippen LogP contribution < -0.4 is 12.4 Å². The molecule has 0 atom stereocenters. The fourth-order valence-electron chi connectivity index (χ4n) is 2.95. The van der Waals surface area contributed by atoms with Gasteiger partial charge in [-0.2, -0.15) is 0 Å². The Hall–Kier alpha value is -0.433. The smallest absolute Gasteiger partial charge is 0.501 e. The van der Waals surface area contributed by atoms with Crippen LogP contribution in [0.2, 0.25) is 6.04 Å². The van der Waals surface area contributed by atoms with Crippen LogP contribution in [0.1, 0.15) is 27.2 Å². The quantitative estimate of drug-likeness (QED) is 0.226. The van der Waals surface area contributed by atoms with Crippen LogP contribution >= 0.6 is 0 Å². The van der Waals surface area contributed by atoms with E-state index in [1.807, 2.05) is 39.0 Å². The van der Waals surface area contributed by atoms with Crippen LogP contribution in [0.4, 0.5) is 0 Å². The minimum absolute atomic E-state index is 0. The van der Waals surface area contributed by atoms with Gasteiger partial charge in [-0.25, -0.2) is 0 Å². The first kappa shape index (κ1) is 25.8. The molecule has 0 rings (SSSR count). The number of halogens is 1. The summed E-state index contributed by atoms with van der Waals surface area (Å²) in [6.07, 6.45) is 6.92. The summed E-state index contributed by atoms with van der Waals surface area (Å²) < 4.78 is 18.7. The summed E-state index contributed by atoms with van der Waals surface area (Å²) in [6.45, 7) is 23.3. The predicted octanol–water partition coefficient (Wildman–Crippen LogP) is 0.804. The van der Waals surface area contributed by atoms with E-state index >= 15 is 0 Å². The van der Waals surface area contributed by atoms with Gasteiger partial charge in [0.2, 0.25) is 0 Å². The second kappa shape index (κ2) is 14.9. The number of nitrogens with zero attached hydrogens (tertiary/aromatic N) is 1. The molecule has 0 aliphatic heterocycles. The summed E-state index contributed by atoms with van der Waals surface area (Å²) >= 11 is 0. The first-order valence-corrected chi connectivity index (χ1v) is 10.6. The van der Waals surface area contributed by atoms with Crippen molar-refractivity contribution in [3.8, 4) is 0 Å². The van der Waals surface area contributed by atoms with E-state index in [9.17, 15) is 0 Å². The van der Waals surface area contributed by atoms with Gasteiger partial charge in [-0.1, -0.05) is 19.7 Å². The Bertz CT molecular complexity index is 310. The molecule has 0 heterocycles. The van der Waals surface area contributed by atoms with Gasteiger partial charge in [-0.05, 0) is 39.0 Å². The fraction of sp³-hybridized carbons (Fsp3) is 0.667. The molecule has 24 heavy (non-hydrogen) atoms. The summed E-state index contributed by atoms with van der Waals surface area (Å²) in [4.78, 5) is 0. The molecule has 0 aromatic heterocycles. The second-order valence-electron chi connectivity index (χ2n) is 5.56. The average Bonchev–Trinajstić information content (AvgIpc) is 2.49. The van der Waals surface area contributed by atoms with Crippen LogP contribution in [0.5, 0.6) is 0 Å². The molecule has 0 unspecified atom stereocenters. The lowest BCUT2D eigenvalue weighted by Crippen LogP contribution is -3.00. The van der Waals surface area contributed by atoms with E-state index in [-0.39, 0.29) is 12.4 Å². The van der Waals surface area contributed by atoms with Gasteiger partial charge in [0.25, 0.3) is 0 Å². The molecule has 0 spiro atoms. The molecule has 0 aliphatic rings. The molecular formula is C18H36ClNO3Si. The van der Waals surface area contributed by atoms with Crippen molar-refractivity contribution in [3.63, 3.8) is 0 Å². The van der Waals surface area contributed by atoms with Crippen molar-refractivity contribution in [2.45, 2.75) is 33.2 Å². The molecule has 6 heteroatoms. The number of hydrogen-bond donors (Lipinski definition) is 0. The monoisotopic (exact) mass is 377 g/mol. The zero-order valence-corrected chi connectivity index (χ0v) is 17.5. The molecule has 0 radical (unpaired) electrons. The predicted molar refractivity (Wildman–Crippen MR) is 100 cm³/mol. The summed E-state index contributed by atoms with van der Waals surface area (Å²) in [5.41, 5.74) is 0. The number of hydrogen-bond acceptors (Lipinski definition) is 3. The molecular weight excluding hydrogens is 342 g/mol. The Morgan fingerprint density at radius 2 is 1.17 bits per heavy atom. The maximum absolute atomic E-state index is 5.93. The van der Waals surface area contributed by atoms with E-state index in [1.54, 1.807) is 0 Å². The van der Waals surface area contributed by atoms with Gasteiger partial charge in [0.1, 0.15) is 0 Å². The van der Waals surface area contributed by atoms with E-state index in [4.69, 9.17) is 13.3 Å². The summed E-state index contributed by atoms with van der Waals surface area (Å²) in [7, 11) is -2.55. The maximum atomic E-state index is 5.93. The molecule has 0 fully saturated rings. The standard InChI is InChI=1S/C18H36NO3Si.ClH/c1-7-14-19(15-8-2,16-9-3)17-13-18-23(20-10-4,21-11-5)22-12-6;/h7-9H,1-3,10-18H2,4-6H3;1H/q+1;/p-1. The molecule has 0 aliphatic carbocycles. The Balaban J connectivity index is 0. The maximum Gasteiger partial charge on any atom is 0.501 e. The third-order valence-electron chi connectivity index (χ3n) is 3.76. The second-order valence-corrected chi connectivity index (χ2v) is 8.30. The lowest BCUT2D eigenvalue weighted by molar-refractivity contribution is -0.911. The highest BCUT2D eigenvalue weighted by Crippen LogP contribution is 2.20. The highest BCUT2D eigenvalue weighted by molar-refractivity contribution is 6.60. The lowest BCUT2D eigenvalue weighted by Gasteiger charge is -2.37. The van der Waals surface area contributed by atoms with Crippen molar-refractivity contribution in [2.75, 3.05) is 46.0 Å². The molecule has 0 N–H and O–H groups in total.